The van der Waals surface area contributed by atoms with E-state index in [1.807, 2.05) is 24.1 Å². The van der Waals surface area contributed by atoms with Crippen molar-refractivity contribution in [2.45, 2.75) is 12.6 Å². The zero-order valence-electron chi connectivity index (χ0n) is 15.4. The Kier molecular flexibility index (Phi) is 6.05. The molecule has 27 heavy (non-hydrogen) atoms. The van der Waals surface area contributed by atoms with Gasteiger partial charge in [-0.1, -0.05) is 0 Å². The molecule has 3 rings (SSSR count). The number of aliphatic hydroxyl groups is 1. The molecule has 0 fully saturated rings. The Morgan fingerprint density at radius 1 is 1.19 bits per heavy atom. The summed E-state index contributed by atoms with van der Waals surface area (Å²) in [6, 6.07) is 12.3. The summed E-state index contributed by atoms with van der Waals surface area (Å²) in [7, 11) is 3.53. The Labute approximate surface area is 157 Å². The fraction of sp³-hybridized carbons (Fsp3) is 0.300. The zero-order chi connectivity index (χ0) is 19.2. The fourth-order valence-electron chi connectivity index (χ4n) is 2.84. The van der Waals surface area contributed by atoms with Crippen molar-refractivity contribution in [2.75, 3.05) is 27.3 Å². The largest absolute Gasteiger partial charge is 0.497 e. The molecule has 0 radical (unpaired) electrons. The number of nitrogens with one attached hydrogen (secondary N) is 1. The van der Waals surface area contributed by atoms with Crippen LogP contribution in [0.5, 0.6) is 11.5 Å². The second-order valence-corrected chi connectivity index (χ2v) is 6.42. The van der Waals surface area contributed by atoms with Crippen molar-refractivity contribution in [3.05, 3.63) is 64.7 Å². The molecule has 2 aromatic heterocycles. The summed E-state index contributed by atoms with van der Waals surface area (Å²) in [4.78, 5) is 20.4. The number of benzene rings is 1. The standard InChI is InChI=1S/C20H23N3O4/c1-23(11-15-10-17(26-2)7-8-21-15)12-16(24)13-27-18-4-5-19-14(9-18)3-6-20(25)22-19/h3-10,16,24H,11-13H2,1-2H3,(H,22,25). The molecule has 3 aromatic rings. The predicted molar refractivity (Wildman–Crippen MR) is 103 cm³/mol. The van der Waals surface area contributed by atoms with Crippen LogP contribution < -0.4 is 15.0 Å². The Bertz CT molecular complexity index is 957. The molecule has 0 saturated carbocycles. The van der Waals surface area contributed by atoms with Gasteiger partial charge in [0.2, 0.25) is 5.56 Å². The SMILES string of the molecule is COc1ccnc(CN(C)CC(O)COc2ccc3[nH]c(=O)ccc3c2)c1. The van der Waals surface area contributed by atoms with Gasteiger partial charge in [0, 0.05) is 42.3 Å². The van der Waals surface area contributed by atoms with Crippen LogP contribution in [0.15, 0.2) is 53.5 Å². The van der Waals surface area contributed by atoms with Crippen LogP contribution in [0.25, 0.3) is 10.9 Å². The monoisotopic (exact) mass is 369 g/mol. The highest BCUT2D eigenvalue weighted by Crippen LogP contribution is 2.18. The quantitative estimate of drug-likeness (QED) is 0.630. The summed E-state index contributed by atoms with van der Waals surface area (Å²) in [5, 5.41) is 11.1. The van der Waals surface area contributed by atoms with Crippen molar-refractivity contribution in [1.82, 2.24) is 14.9 Å². The normalized spacial score (nSPS) is 12.3. The number of hydrogen-bond acceptors (Lipinski definition) is 6. The van der Waals surface area contributed by atoms with E-state index in [1.54, 1.807) is 37.6 Å². The first-order valence-corrected chi connectivity index (χ1v) is 8.65. The third kappa shape index (κ3) is 5.29. The molecule has 0 bridgehead atoms. The molecule has 7 nitrogen and oxygen atoms in total. The number of aromatic amines is 1. The van der Waals surface area contributed by atoms with Crippen molar-refractivity contribution in [3.63, 3.8) is 0 Å². The molecule has 2 heterocycles. The summed E-state index contributed by atoms with van der Waals surface area (Å²) in [5.41, 5.74) is 1.48. The smallest absolute Gasteiger partial charge is 0.248 e. The number of methoxy groups -OCH3 is 1. The fourth-order valence-corrected chi connectivity index (χ4v) is 2.84. The van der Waals surface area contributed by atoms with Crippen LogP contribution in [0.4, 0.5) is 0 Å². The average Bonchev–Trinajstić information content (AvgIpc) is 2.66. The van der Waals surface area contributed by atoms with E-state index in [1.165, 1.54) is 6.07 Å². The van der Waals surface area contributed by atoms with Crippen molar-refractivity contribution in [2.24, 2.45) is 0 Å². The lowest BCUT2D eigenvalue weighted by atomic mass is 10.2. The number of likely N-dealkylation sites (N-methyl/N-ethyl adjacent to an activating group) is 1. The van der Waals surface area contributed by atoms with Crippen LogP contribution >= 0.6 is 0 Å². The van der Waals surface area contributed by atoms with Gasteiger partial charge >= 0.3 is 0 Å². The Hall–Kier alpha value is -2.90. The van der Waals surface area contributed by atoms with Crippen LogP contribution in [0.1, 0.15) is 5.69 Å². The molecule has 1 aromatic carbocycles. The molecule has 0 aliphatic rings. The van der Waals surface area contributed by atoms with E-state index in [4.69, 9.17) is 9.47 Å². The molecule has 7 heteroatoms. The van der Waals surface area contributed by atoms with Gasteiger partial charge < -0.3 is 19.6 Å². The van der Waals surface area contributed by atoms with Crippen molar-refractivity contribution < 1.29 is 14.6 Å². The van der Waals surface area contributed by atoms with Gasteiger partial charge in [-0.2, -0.15) is 0 Å². The minimum atomic E-state index is -0.646. The van der Waals surface area contributed by atoms with E-state index in [0.717, 1.165) is 22.3 Å². The molecule has 2 N–H and O–H groups in total. The molecule has 1 atom stereocenters. The average molecular weight is 369 g/mol. The van der Waals surface area contributed by atoms with Crippen LogP contribution in [0, 0.1) is 0 Å². The number of ether oxygens (including phenoxy) is 2. The lowest BCUT2D eigenvalue weighted by Crippen LogP contribution is -2.33. The maximum Gasteiger partial charge on any atom is 0.248 e. The molecule has 0 amide bonds. The number of nitrogens with zero attached hydrogens (tertiary/aromatic N) is 2. The van der Waals surface area contributed by atoms with Gasteiger partial charge in [0.05, 0.1) is 12.8 Å². The molecular formula is C20H23N3O4. The second kappa shape index (κ2) is 8.66. The first kappa shape index (κ1) is 18.9. The number of hydrogen-bond donors (Lipinski definition) is 2. The van der Waals surface area contributed by atoms with Gasteiger partial charge in [-0.05, 0) is 37.4 Å². The summed E-state index contributed by atoms with van der Waals surface area (Å²) in [5.74, 6) is 1.40. The van der Waals surface area contributed by atoms with Crippen LogP contribution in [-0.2, 0) is 6.54 Å². The van der Waals surface area contributed by atoms with Gasteiger partial charge in [-0.3, -0.25) is 14.7 Å². The summed E-state index contributed by atoms with van der Waals surface area (Å²) in [6.07, 6.45) is 1.06. The van der Waals surface area contributed by atoms with E-state index in [0.29, 0.717) is 18.8 Å². The van der Waals surface area contributed by atoms with E-state index in [9.17, 15) is 9.90 Å². The van der Waals surface area contributed by atoms with Gasteiger partial charge in [-0.25, -0.2) is 0 Å². The van der Waals surface area contributed by atoms with Crippen LogP contribution in [0.3, 0.4) is 0 Å². The number of aliphatic hydroxyl groups excluding tert-OH is 1. The van der Waals surface area contributed by atoms with E-state index >= 15 is 0 Å². The highest BCUT2D eigenvalue weighted by atomic mass is 16.5. The Morgan fingerprint density at radius 2 is 2.04 bits per heavy atom. The summed E-state index contributed by atoms with van der Waals surface area (Å²) in [6.45, 7) is 1.21. The maximum atomic E-state index is 11.3. The lowest BCUT2D eigenvalue weighted by molar-refractivity contribution is 0.0741. The number of rotatable bonds is 8. The Balaban J connectivity index is 1.52. The maximum absolute atomic E-state index is 11.3. The number of fused-ring (bicyclic) bond motifs is 1. The van der Waals surface area contributed by atoms with Crippen LogP contribution in [0.2, 0.25) is 0 Å². The minimum absolute atomic E-state index is 0.139. The predicted octanol–water partition coefficient (Wildman–Crippen LogP) is 1.80. The molecule has 0 spiro atoms. The number of H-pyrrole nitrogens is 1. The van der Waals surface area contributed by atoms with Gasteiger partial charge in [0.15, 0.2) is 0 Å². The first-order valence-electron chi connectivity index (χ1n) is 8.65. The first-order chi connectivity index (χ1) is 13.0. The zero-order valence-corrected chi connectivity index (χ0v) is 15.4. The molecular weight excluding hydrogens is 346 g/mol. The molecule has 0 aliphatic heterocycles. The van der Waals surface area contributed by atoms with E-state index < -0.39 is 6.10 Å². The number of aromatic nitrogens is 2. The second-order valence-electron chi connectivity index (χ2n) is 6.42. The summed E-state index contributed by atoms with van der Waals surface area (Å²) < 4.78 is 10.9. The van der Waals surface area contributed by atoms with Crippen molar-refractivity contribution >= 4 is 10.9 Å². The summed E-state index contributed by atoms with van der Waals surface area (Å²) >= 11 is 0. The highest BCUT2D eigenvalue weighted by molar-refractivity contribution is 5.79. The minimum Gasteiger partial charge on any atom is -0.497 e. The van der Waals surface area contributed by atoms with Crippen LogP contribution in [-0.4, -0.2) is 53.4 Å². The highest BCUT2D eigenvalue weighted by Gasteiger charge is 2.11. The lowest BCUT2D eigenvalue weighted by Gasteiger charge is -2.20. The van der Waals surface area contributed by atoms with E-state index in [-0.39, 0.29) is 12.2 Å². The number of pyridine rings is 2. The molecule has 0 saturated heterocycles. The van der Waals surface area contributed by atoms with Crippen molar-refractivity contribution in [3.8, 4) is 11.5 Å². The molecule has 1 unspecified atom stereocenters. The van der Waals surface area contributed by atoms with Crippen molar-refractivity contribution in [1.29, 1.82) is 0 Å². The third-order valence-corrected chi connectivity index (χ3v) is 4.12. The Morgan fingerprint density at radius 3 is 2.85 bits per heavy atom. The van der Waals surface area contributed by atoms with Gasteiger partial charge in [0.25, 0.3) is 0 Å². The third-order valence-electron chi connectivity index (χ3n) is 4.12. The molecule has 142 valence electrons. The molecule has 0 aliphatic carbocycles. The van der Waals surface area contributed by atoms with E-state index in [2.05, 4.69) is 9.97 Å². The van der Waals surface area contributed by atoms with Gasteiger partial charge in [-0.15, -0.1) is 0 Å². The van der Waals surface area contributed by atoms with Gasteiger partial charge in [0.1, 0.15) is 24.2 Å². The topological polar surface area (TPSA) is 87.7 Å².